The Kier molecular flexibility index (Phi) is 4.27. The number of benzene rings is 1. The maximum atomic E-state index is 10.7. The summed E-state index contributed by atoms with van der Waals surface area (Å²) in [6.45, 7) is 4.51. The second kappa shape index (κ2) is 6.51. The number of ether oxygens (including phenoxy) is 2. The van der Waals surface area contributed by atoms with E-state index in [1.165, 1.54) is 12.3 Å². The van der Waals surface area contributed by atoms with E-state index in [0.29, 0.717) is 25.6 Å². The number of hydrogen-bond acceptors (Lipinski definition) is 6. The zero-order chi connectivity index (χ0) is 16.2. The largest absolute Gasteiger partial charge is 0.486 e. The van der Waals surface area contributed by atoms with Gasteiger partial charge < -0.3 is 14.4 Å². The number of anilines is 1. The zero-order valence-electron chi connectivity index (χ0n) is 12.8. The van der Waals surface area contributed by atoms with Crippen molar-refractivity contribution < 1.29 is 14.4 Å². The van der Waals surface area contributed by atoms with Gasteiger partial charge in [-0.15, -0.1) is 0 Å². The Morgan fingerprint density at radius 2 is 2.00 bits per heavy atom. The Hall–Kier alpha value is -2.83. The molecule has 0 atom stereocenters. The molecular weight excluding hydrogens is 298 g/mol. The molecule has 2 heterocycles. The Labute approximate surface area is 133 Å². The maximum absolute atomic E-state index is 10.7. The van der Waals surface area contributed by atoms with Crippen LogP contribution in [0.2, 0.25) is 0 Å². The monoisotopic (exact) mass is 315 g/mol. The van der Waals surface area contributed by atoms with Gasteiger partial charge in [0.2, 0.25) is 0 Å². The summed E-state index contributed by atoms with van der Waals surface area (Å²) in [5.41, 5.74) is 1.06. The number of nitro groups is 1. The first-order valence-electron chi connectivity index (χ1n) is 7.41. The van der Waals surface area contributed by atoms with E-state index in [1.54, 1.807) is 6.07 Å². The molecule has 1 aromatic carbocycles. The number of pyridine rings is 1. The molecule has 0 unspecified atom stereocenters. The maximum Gasteiger partial charge on any atom is 0.287 e. The minimum Gasteiger partial charge on any atom is -0.486 e. The van der Waals surface area contributed by atoms with E-state index in [2.05, 4.69) is 4.98 Å². The molecule has 0 N–H and O–H groups in total. The van der Waals surface area contributed by atoms with Gasteiger partial charge in [-0.1, -0.05) is 6.07 Å². The van der Waals surface area contributed by atoms with Crippen LogP contribution in [-0.2, 0) is 6.54 Å². The number of aromatic nitrogens is 1. The lowest BCUT2D eigenvalue weighted by Crippen LogP contribution is -2.23. The first kappa shape index (κ1) is 15.1. The SMILES string of the molecule is CCN(Cc1ccc2c(c1)OCCO2)c1ccc([N+](=O)[O-])cn1. The Morgan fingerprint density at radius 1 is 1.22 bits per heavy atom. The van der Waals surface area contributed by atoms with Crippen LogP contribution in [0.3, 0.4) is 0 Å². The van der Waals surface area contributed by atoms with E-state index in [-0.39, 0.29) is 5.69 Å². The summed E-state index contributed by atoms with van der Waals surface area (Å²) < 4.78 is 11.1. The molecule has 0 radical (unpaired) electrons. The third-order valence-electron chi connectivity index (χ3n) is 3.63. The fraction of sp³-hybridized carbons (Fsp3) is 0.312. The number of rotatable bonds is 5. The van der Waals surface area contributed by atoms with Crippen LogP contribution < -0.4 is 14.4 Å². The van der Waals surface area contributed by atoms with Crippen molar-refractivity contribution in [3.05, 3.63) is 52.2 Å². The molecule has 1 aliphatic heterocycles. The van der Waals surface area contributed by atoms with Gasteiger partial charge in [-0.2, -0.15) is 0 Å². The molecule has 0 aliphatic carbocycles. The van der Waals surface area contributed by atoms with Crippen LogP contribution in [0.1, 0.15) is 12.5 Å². The first-order valence-corrected chi connectivity index (χ1v) is 7.41. The van der Waals surface area contributed by atoms with Crippen LogP contribution in [0.5, 0.6) is 11.5 Å². The van der Waals surface area contributed by atoms with Gasteiger partial charge in [-0.25, -0.2) is 4.98 Å². The van der Waals surface area contributed by atoms with Gasteiger partial charge in [0.05, 0.1) is 4.92 Å². The lowest BCUT2D eigenvalue weighted by molar-refractivity contribution is -0.385. The predicted octanol–water partition coefficient (Wildman–Crippen LogP) is 2.79. The zero-order valence-corrected chi connectivity index (χ0v) is 12.8. The molecule has 2 aromatic rings. The first-order chi connectivity index (χ1) is 11.2. The van der Waals surface area contributed by atoms with Gasteiger partial charge in [-0.05, 0) is 30.7 Å². The molecule has 120 valence electrons. The summed E-state index contributed by atoms with van der Waals surface area (Å²) in [6.07, 6.45) is 1.28. The Bertz CT molecular complexity index is 703. The van der Waals surface area contributed by atoms with Crippen LogP contribution in [-0.4, -0.2) is 29.7 Å². The van der Waals surface area contributed by atoms with Gasteiger partial charge in [0.25, 0.3) is 5.69 Å². The summed E-state index contributed by atoms with van der Waals surface area (Å²) in [5, 5.41) is 10.7. The fourth-order valence-electron chi connectivity index (χ4n) is 2.43. The molecule has 0 spiro atoms. The van der Waals surface area contributed by atoms with Crippen LogP contribution in [0.4, 0.5) is 11.5 Å². The molecule has 0 amide bonds. The molecule has 7 nitrogen and oxygen atoms in total. The van der Waals surface area contributed by atoms with Crippen molar-refractivity contribution in [3.63, 3.8) is 0 Å². The van der Waals surface area contributed by atoms with E-state index in [0.717, 1.165) is 23.6 Å². The number of nitrogens with zero attached hydrogens (tertiary/aromatic N) is 3. The van der Waals surface area contributed by atoms with E-state index in [9.17, 15) is 10.1 Å². The minimum atomic E-state index is -0.451. The van der Waals surface area contributed by atoms with Gasteiger partial charge in [0.1, 0.15) is 25.2 Å². The molecule has 1 aliphatic rings. The smallest absolute Gasteiger partial charge is 0.287 e. The van der Waals surface area contributed by atoms with Crippen molar-refractivity contribution >= 4 is 11.5 Å². The second-order valence-corrected chi connectivity index (χ2v) is 5.12. The van der Waals surface area contributed by atoms with E-state index in [4.69, 9.17) is 9.47 Å². The molecule has 0 bridgehead atoms. The van der Waals surface area contributed by atoms with Crippen molar-refractivity contribution in [2.24, 2.45) is 0 Å². The van der Waals surface area contributed by atoms with Crippen LogP contribution in [0.15, 0.2) is 36.5 Å². The lowest BCUT2D eigenvalue weighted by atomic mass is 10.1. The van der Waals surface area contributed by atoms with Crippen LogP contribution >= 0.6 is 0 Å². The highest BCUT2D eigenvalue weighted by atomic mass is 16.6. The predicted molar refractivity (Wildman–Crippen MR) is 85.0 cm³/mol. The van der Waals surface area contributed by atoms with Gasteiger partial charge >= 0.3 is 0 Å². The van der Waals surface area contributed by atoms with Crippen LogP contribution in [0.25, 0.3) is 0 Å². The number of fused-ring (bicyclic) bond motifs is 1. The summed E-state index contributed by atoms with van der Waals surface area (Å²) in [7, 11) is 0. The molecule has 0 saturated heterocycles. The lowest BCUT2D eigenvalue weighted by Gasteiger charge is -2.23. The normalized spacial score (nSPS) is 12.7. The third-order valence-corrected chi connectivity index (χ3v) is 3.63. The highest BCUT2D eigenvalue weighted by Crippen LogP contribution is 2.31. The van der Waals surface area contributed by atoms with Crippen molar-refractivity contribution in [1.82, 2.24) is 4.98 Å². The highest BCUT2D eigenvalue weighted by Gasteiger charge is 2.14. The highest BCUT2D eigenvalue weighted by molar-refractivity contribution is 5.47. The topological polar surface area (TPSA) is 77.7 Å². The van der Waals surface area contributed by atoms with Gasteiger partial charge in [0, 0.05) is 19.2 Å². The minimum absolute atomic E-state index is 0.0101. The summed E-state index contributed by atoms with van der Waals surface area (Å²) in [6, 6.07) is 8.99. The summed E-state index contributed by atoms with van der Waals surface area (Å²) >= 11 is 0. The number of hydrogen-bond donors (Lipinski definition) is 0. The second-order valence-electron chi connectivity index (χ2n) is 5.12. The van der Waals surface area contributed by atoms with E-state index < -0.39 is 4.92 Å². The van der Waals surface area contributed by atoms with Crippen molar-refractivity contribution in [3.8, 4) is 11.5 Å². The van der Waals surface area contributed by atoms with Crippen molar-refractivity contribution in [2.45, 2.75) is 13.5 Å². The average molecular weight is 315 g/mol. The van der Waals surface area contributed by atoms with E-state index in [1.807, 2.05) is 30.0 Å². The molecule has 1 aromatic heterocycles. The Balaban J connectivity index is 1.77. The van der Waals surface area contributed by atoms with Crippen LogP contribution in [0, 0.1) is 10.1 Å². The van der Waals surface area contributed by atoms with Gasteiger partial charge in [0.15, 0.2) is 11.5 Å². The molecule has 3 rings (SSSR count). The summed E-state index contributed by atoms with van der Waals surface area (Å²) in [4.78, 5) is 16.5. The van der Waals surface area contributed by atoms with Gasteiger partial charge in [-0.3, -0.25) is 10.1 Å². The molecule has 0 fully saturated rings. The van der Waals surface area contributed by atoms with E-state index >= 15 is 0 Å². The molecular formula is C16H17N3O4. The fourth-order valence-corrected chi connectivity index (χ4v) is 2.43. The molecule has 0 saturated carbocycles. The molecule has 7 heteroatoms. The summed E-state index contributed by atoms with van der Waals surface area (Å²) in [5.74, 6) is 2.21. The third kappa shape index (κ3) is 3.33. The van der Waals surface area contributed by atoms with Crippen molar-refractivity contribution in [2.75, 3.05) is 24.7 Å². The quantitative estimate of drug-likeness (QED) is 0.623. The average Bonchev–Trinajstić information content (AvgIpc) is 2.59. The van der Waals surface area contributed by atoms with Crippen molar-refractivity contribution in [1.29, 1.82) is 0 Å². The molecule has 23 heavy (non-hydrogen) atoms. The standard InChI is InChI=1S/C16H17N3O4/c1-2-18(16-6-4-13(10-17-16)19(20)21)11-12-3-5-14-15(9-12)23-8-7-22-14/h3-6,9-10H,2,7-8,11H2,1H3. The Morgan fingerprint density at radius 3 is 2.65 bits per heavy atom.